The molecule has 2 aromatic carbocycles. The molecule has 0 fully saturated rings. The average molecular weight is 463 g/mol. The third-order valence-electron chi connectivity index (χ3n) is 5.51. The van der Waals surface area contributed by atoms with Crippen LogP contribution in [0.3, 0.4) is 0 Å². The fourth-order valence-corrected chi connectivity index (χ4v) is 8.61. The number of allylic oxidation sites excluding steroid dienone is 1. The molecule has 1 atom stereocenters. The predicted molar refractivity (Wildman–Crippen MR) is 127 cm³/mol. The Labute approximate surface area is 190 Å². The molecule has 0 bridgehead atoms. The number of hydrogen-bond acceptors (Lipinski definition) is 2. The van der Waals surface area contributed by atoms with Crippen LogP contribution in [0, 0.1) is 0 Å². The van der Waals surface area contributed by atoms with Crippen LogP contribution in [0.1, 0.15) is 52.9 Å². The van der Waals surface area contributed by atoms with E-state index in [1.807, 2.05) is 48.6 Å². The van der Waals surface area contributed by atoms with Gasteiger partial charge in [0.25, 0.3) is 8.32 Å². The standard InChI is InChI=1S/C26H33F3O2Si/c1-25(2,3)32(23-16-10-7-11-17-23,24-18-12-8-13-19-24)31-22(21-30)15-9-5-4-6-14-20-26(27,28)29/h5,7-13,16-19,21-22H,4,6,14-15,20H2,1-3H3/t22-/m1/s1. The van der Waals surface area contributed by atoms with Gasteiger partial charge in [-0.2, -0.15) is 13.2 Å². The molecule has 0 aliphatic carbocycles. The summed E-state index contributed by atoms with van der Waals surface area (Å²) in [6.07, 6.45) is 0.590. The molecule has 0 saturated heterocycles. The second-order valence-electron chi connectivity index (χ2n) is 9.02. The predicted octanol–water partition coefficient (Wildman–Crippen LogP) is 6.20. The summed E-state index contributed by atoms with van der Waals surface area (Å²) in [5.41, 5.74) is 0. The zero-order valence-corrected chi connectivity index (χ0v) is 20.1. The van der Waals surface area contributed by atoms with Crippen molar-refractivity contribution in [3.63, 3.8) is 0 Å². The molecule has 174 valence electrons. The fourth-order valence-electron chi connectivity index (χ4n) is 3.99. The smallest absolute Gasteiger partial charge is 0.389 e. The van der Waals surface area contributed by atoms with Gasteiger partial charge >= 0.3 is 6.18 Å². The number of unbranched alkanes of at least 4 members (excludes halogenated alkanes) is 2. The van der Waals surface area contributed by atoms with Crippen molar-refractivity contribution in [3.8, 4) is 0 Å². The molecule has 6 heteroatoms. The van der Waals surface area contributed by atoms with Gasteiger partial charge in [-0.15, -0.1) is 0 Å². The Morgan fingerprint density at radius 1 is 0.875 bits per heavy atom. The minimum atomic E-state index is -4.10. The molecule has 0 aliphatic heterocycles. The zero-order chi connectivity index (χ0) is 23.7. The molecule has 0 unspecified atom stereocenters. The van der Waals surface area contributed by atoms with E-state index in [-0.39, 0.29) is 11.5 Å². The van der Waals surface area contributed by atoms with Crippen LogP contribution >= 0.6 is 0 Å². The molecule has 2 nitrogen and oxygen atoms in total. The fraction of sp³-hybridized carbons (Fsp3) is 0.423. The van der Waals surface area contributed by atoms with E-state index in [4.69, 9.17) is 4.43 Å². The maximum absolute atomic E-state index is 12.2. The average Bonchev–Trinajstić information content (AvgIpc) is 2.75. The molecule has 2 rings (SSSR count). The molecular weight excluding hydrogens is 429 g/mol. The van der Waals surface area contributed by atoms with E-state index < -0.39 is 27.0 Å². The molecule has 0 aliphatic rings. The van der Waals surface area contributed by atoms with Gasteiger partial charge in [0.05, 0.1) is 0 Å². The number of carbonyl (C=O) groups is 1. The lowest BCUT2D eigenvalue weighted by Gasteiger charge is -2.44. The SMILES string of the molecule is CC(C)(C)[Si](O[C@@H](C=O)CC=CCCCCC(F)(F)F)(c1ccccc1)c1ccccc1. The van der Waals surface area contributed by atoms with E-state index >= 15 is 0 Å². The number of hydrogen-bond donors (Lipinski definition) is 0. The monoisotopic (exact) mass is 462 g/mol. The van der Waals surface area contributed by atoms with E-state index in [9.17, 15) is 18.0 Å². The Morgan fingerprint density at radius 2 is 1.41 bits per heavy atom. The van der Waals surface area contributed by atoms with Crippen molar-refractivity contribution < 1.29 is 22.4 Å². The first-order valence-corrected chi connectivity index (χ1v) is 13.0. The molecule has 0 saturated carbocycles. The van der Waals surface area contributed by atoms with E-state index in [1.165, 1.54) is 0 Å². The van der Waals surface area contributed by atoms with Crippen molar-refractivity contribution >= 4 is 25.0 Å². The summed E-state index contributed by atoms with van der Waals surface area (Å²) < 4.78 is 43.5. The van der Waals surface area contributed by atoms with Gasteiger partial charge in [0.2, 0.25) is 0 Å². The van der Waals surface area contributed by atoms with Crippen molar-refractivity contribution in [1.29, 1.82) is 0 Å². The first kappa shape index (κ1) is 26.1. The summed E-state index contributed by atoms with van der Waals surface area (Å²) >= 11 is 0. The van der Waals surface area contributed by atoms with Gasteiger partial charge in [0.15, 0.2) is 0 Å². The van der Waals surface area contributed by atoms with Gasteiger partial charge in [-0.05, 0) is 41.1 Å². The lowest BCUT2D eigenvalue weighted by Crippen LogP contribution is -2.67. The first-order valence-electron chi connectivity index (χ1n) is 11.1. The molecule has 0 aromatic heterocycles. The maximum atomic E-state index is 12.2. The van der Waals surface area contributed by atoms with Gasteiger partial charge in [-0.1, -0.05) is 93.6 Å². The molecule has 0 spiro atoms. The Morgan fingerprint density at radius 3 is 1.84 bits per heavy atom. The summed E-state index contributed by atoms with van der Waals surface area (Å²) in [4.78, 5) is 12.0. The number of benzene rings is 2. The van der Waals surface area contributed by atoms with Crippen LogP contribution in [0.5, 0.6) is 0 Å². The van der Waals surface area contributed by atoms with E-state index in [0.717, 1.165) is 16.7 Å². The first-order chi connectivity index (χ1) is 15.1. The Kier molecular flexibility index (Phi) is 9.46. The summed E-state index contributed by atoms with van der Waals surface area (Å²) in [5, 5.41) is 1.96. The number of aldehydes is 1. The van der Waals surface area contributed by atoms with Gasteiger partial charge in [-0.25, -0.2) is 0 Å². The van der Waals surface area contributed by atoms with E-state index in [2.05, 4.69) is 45.0 Å². The van der Waals surface area contributed by atoms with E-state index in [0.29, 0.717) is 19.3 Å². The van der Waals surface area contributed by atoms with Crippen LogP contribution in [-0.4, -0.2) is 26.9 Å². The number of alkyl halides is 3. The Bertz CT molecular complexity index is 803. The van der Waals surface area contributed by atoms with Gasteiger partial charge < -0.3 is 9.22 Å². The van der Waals surface area contributed by atoms with Gasteiger partial charge in [0.1, 0.15) is 12.4 Å². The topological polar surface area (TPSA) is 26.3 Å². The lowest BCUT2D eigenvalue weighted by molar-refractivity contribution is -0.135. The molecule has 32 heavy (non-hydrogen) atoms. The van der Waals surface area contributed by atoms with Crippen molar-refractivity contribution in [2.24, 2.45) is 0 Å². The highest BCUT2D eigenvalue weighted by Crippen LogP contribution is 2.37. The normalized spacial score (nSPS) is 13.9. The largest absolute Gasteiger partial charge is 0.397 e. The summed E-state index contributed by atoms with van der Waals surface area (Å²) in [6, 6.07) is 20.2. The van der Waals surface area contributed by atoms with Crippen LogP contribution in [0.2, 0.25) is 5.04 Å². The minimum absolute atomic E-state index is 0.115. The minimum Gasteiger partial charge on any atom is -0.397 e. The molecule has 2 aromatic rings. The zero-order valence-electron chi connectivity index (χ0n) is 19.1. The van der Waals surface area contributed by atoms with E-state index in [1.54, 1.807) is 0 Å². The third kappa shape index (κ3) is 7.17. The Hall–Kier alpha value is -2.18. The van der Waals surface area contributed by atoms with Crippen molar-refractivity contribution in [2.75, 3.05) is 0 Å². The molecule has 0 heterocycles. The molecule has 0 N–H and O–H groups in total. The number of carbonyl (C=O) groups excluding carboxylic acids is 1. The van der Waals surface area contributed by atoms with Crippen LogP contribution in [0.25, 0.3) is 0 Å². The van der Waals surface area contributed by atoms with Crippen LogP contribution in [0.15, 0.2) is 72.8 Å². The summed E-state index contributed by atoms with van der Waals surface area (Å²) in [7, 11) is -2.83. The molecule has 0 amide bonds. The van der Waals surface area contributed by atoms with Crippen LogP contribution in [-0.2, 0) is 9.22 Å². The number of rotatable bonds is 11. The molecular formula is C26H33F3O2Si. The van der Waals surface area contributed by atoms with Crippen molar-refractivity contribution in [2.45, 2.75) is 70.2 Å². The van der Waals surface area contributed by atoms with Crippen LogP contribution < -0.4 is 10.4 Å². The quantitative estimate of drug-likeness (QED) is 0.172. The van der Waals surface area contributed by atoms with Gasteiger partial charge in [0, 0.05) is 6.42 Å². The second kappa shape index (κ2) is 11.6. The Balaban J connectivity index is 2.21. The third-order valence-corrected chi connectivity index (χ3v) is 10.6. The van der Waals surface area contributed by atoms with Crippen molar-refractivity contribution in [3.05, 3.63) is 72.8 Å². The number of halogens is 3. The highest BCUT2D eigenvalue weighted by atomic mass is 28.4. The maximum Gasteiger partial charge on any atom is 0.389 e. The van der Waals surface area contributed by atoms with Crippen LogP contribution in [0.4, 0.5) is 13.2 Å². The highest BCUT2D eigenvalue weighted by Gasteiger charge is 2.51. The molecule has 0 radical (unpaired) electrons. The second-order valence-corrected chi connectivity index (χ2v) is 13.3. The van der Waals surface area contributed by atoms with Gasteiger partial charge in [-0.3, -0.25) is 0 Å². The lowest BCUT2D eigenvalue weighted by atomic mass is 10.1. The summed E-state index contributed by atoms with van der Waals surface area (Å²) in [5.74, 6) is 0. The van der Waals surface area contributed by atoms with Crippen molar-refractivity contribution in [1.82, 2.24) is 0 Å². The highest BCUT2D eigenvalue weighted by molar-refractivity contribution is 6.99. The summed E-state index contributed by atoms with van der Waals surface area (Å²) in [6.45, 7) is 6.45.